The fourth-order valence-corrected chi connectivity index (χ4v) is 3.46. The zero-order chi connectivity index (χ0) is 19.9. The molecule has 6 nitrogen and oxygen atoms in total. The second-order valence-corrected chi connectivity index (χ2v) is 7.72. The number of nitrogens with zero attached hydrogens (tertiary/aromatic N) is 2. The number of para-hydroxylation sites is 1. The van der Waals surface area contributed by atoms with Crippen molar-refractivity contribution in [3.63, 3.8) is 0 Å². The van der Waals surface area contributed by atoms with Crippen LogP contribution in [0, 0.1) is 0 Å². The van der Waals surface area contributed by atoms with Gasteiger partial charge in [-0.3, -0.25) is 4.90 Å². The van der Waals surface area contributed by atoms with E-state index in [0.29, 0.717) is 13.2 Å². The molecule has 1 aromatic rings. The van der Waals surface area contributed by atoms with Gasteiger partial charge in [0.05, 0.1) is 19.8 Å². The zero-order valence-electron chi connectivity index (χ0n) is 17.4. The summed E-state index contributed by atoms with van der Waals surface area (Å²) in [6, 6.07) is 8.19. The van der Waals surface area contributed by atoms with E-state index in [-0.39, 0.29) is 0 Å². The molecule has 1 aliphatic rings. The molecule has 28 heavy (non-hydrogen) atoms. The van der Waals surface area contributed by atoms with E-state index in [1.807, 2.05) is 30.0 Å². The lowest BCUT2D eigenvalue weighted by atomic mass is 10.2. The number of hydrogen-bond acceptors (Lipinski definition) is 5. The molecule has 7 heteroatoms. The van der Waals surface area contributed by atoms with Crippen molar-refractivity contribution in [2.24, 2.45) is 4.99 Å². The number of rotatable bonds is 12. The van der Waals surface area contributed by atoms with E-state index in [4.69, 9.17) is 14.5 Å². The monoisotopic (exact) mass is 408 g/mol. The number of aliphatic imine (C=N–C) groups is 1. The third-order valence-electron chi connectivity index (χ3n) is 4.56. The molecule has 0 spiro atoms. The molecule has 1 aromatic carbocycles. The molecule has 0 aliphatic carbocycles. The number of guanidine groups is 1. The number of hydrogen-bond donors (Lipinski definition) is 2. The van der Waals surface area contributed by atoms with Gasteiger partial charge in [-0.15, -0.1) is 0 Å². The second kappa shape index (κ2) is 14.5. The molecule has 0 bridgehead atoms. The Kier molecular flexibility index (Phi) is 11.9. The van der Waals surface area contributed by atoms with Crippen LogP contribution in [-0.2, 0) is 11.3 Å². The second-order valence-electron chi connectivity index (χ2n) is 6.73. The Morgan fingerprint density at radius 3 is 2.82 bits per heavy atom. The van der Waals surface area contributed by atoms with Crippen LogP contribution in [0.5, 0.6) is 5.75 Å². The Morgan fingerprint density at radius 2 is 2.04 bits per heavy atom. The molecule has 0 unspecified atom stereocenters. The van der Waals surface area contributed by atoms with Gasteiger partial charge in [-0.05, 0) is 37.8 Å². The van der Waals surface area contributed by atoms with Gasteiger partial charge in [-0.1, -0.05) is 18.2 Å². The third-order valence-corrected chi connectivity index (χ3v) is 5.26. The van der Waals surface area contributed by atoms with E-state index in [0.717, 1.165) is 69.6 Å². The quantitative estimate of drug-likeness (QED) is 0.315. The summed E-state index contributed by atoms with van der Waals surface area (Å²) in [6.07, 6.45) is 4.54. The number of thioether (sulfide) groups is 1. The first kappa shape index (κ1) is 22.8. The first-order valence-corrected chi connectivity index (χ1v) is 11.7. The van der Waals surface area contributed by atoms with Gasteiger partial charge in [0.25, 0.3) is 0 Å². The first-order chi connectivity index (χ1) is 13.8. The summed E-state index contributed by atoms with van der Waals surface area (Å²) in [5.41, 5.74) is 1.11. The van der Waals surface area contributed by atoms with Gasteiger partial charge < -0.3 is 20.1 Å². The van der Waals surface area contributed by atoms with E-state index in [2.05, 4.69) is 34.8 Å². The molecule has 0 radical (unpaired) electrons. The fourth-order valence-electron chi connectivity index (χ4n) is 2.97. The largest absolute Gasteiger partial charge is 0.492 e. The summed E-state index contributed by atoms with van der Waals surface area (Å²) in [7, 11) is 0. The van der Waals surface area contributed by atoms with Crippen molar-refractivity contribution >= 4 is 17.7 Å². The number of nitrogens with one attached hydrogen (secondary N) is 2. The molecule has 0 amide bonds. The van der Waals surface area contributed by atoms with Crippen LogP contribution in [0.15, 0.2) is 29.3 Å². The molecule has 0 saturated carbocycles. The van der Waals surface area contributed by atoms with Crippen LogP contribution < -0.4 is 15.4 Å². The van der Waals surface area contributed by atoms with Crippen molar-refractivity contribution in [3.05, 3.63) is 29.8 Å². The summed E-state index contributed by atoms with van der Waals surface area (Å²) in [4.78, 5) is 7.13. The Labute approximate surface area is 174 Å². The molecule has 1 heterocycles. The number of benzene rings is 1. The van der Waals surface area contributed by atoms with Crippen LogP contribution in [0.25, 0.3) is 0 Å². The SMILES string of the molecule is CCNC(=NCc1ccccc1OCCN1CCOCC1)NCCCCSC. The normalized spacial score (nSPS) is 15.4. The van der Waals surface area contributed by atoms with Crippen LogP contribution >= 0.6 is 11.8 Å². The van der Waals surface area contributed by atoms with E-state index in [9.17, 15) is 0 Å². The summed E-state index contributed by atoms with van der Waals surface area (Å²) in [5, 5.41) is 6.75. The van der Waals surface area contributed by atoms with Crippen LogP contribution in [0.1, 0.15) is 25.3 Å². The highest BCUT2D eigenvalue weighted by molar-refractivity contribution is 7.98. The summed E-state index contributed by atoms with van der Waals surface area (Å²) in [6.45, 7) is 9.75. The Morgan fingerprint density at radius 1 is 1.21 bits per heavy atom. The van der Waals surface area contributed by atoms with Crippen molar-refractivity contribution in [2.75, 3.05) is 64.6 Å². The van der Waals surface area contributed by atoms with E-state index in [1.54, 1.807) is 0 Å². The van der Waals surface area contributed by atoms with Gasteiger partial charge in [-0.25, -0.2) is 4.99 Å². The highest BCUT2D eigenvalue weighted by Gasteiger charge is 2.10. The van der Waals surface area contributed by atoms with E-state index < -0.39 is 0 Å². The maximum absolute atomic E-state index is 6.06. The lowest BCUT2D eigenvalue weighted by molar-refractivity contribution is 0.0322. The molecular weight excluding hydrogens is 372 g/mol. The minimum atomic E-state index is 0.605. The third kappa shape index (κ3) is 9.17. The number of unbranched alkanes of at least 4 members (excludes halogenated alkanes) is 1. The average molecular weight is 409 g/mol. The first-order valence-electron chi connectivity index (χ1n) is 10.4. The van der Waals surface area contributed by atoms with E-state index >= 15 is 0 Å². The predicted molar refractivity (Wildman–Crippen MR) is 120 cm³/mol. The molecular formula is C21H36N4O2S. The fraction of sp³-hybridized carbons (Fsp3) is 0.667. The molecule has 0 atom stereocenters. The summed E-state index contributed by atoms with van der Waals surface area (Å²) >= 11 is 1.90. The van der Waals surface area contributed by atoms with Gasteiger partial charge in [0.15, 0.2) is 5.96 Å². The highest BCUT2D eigenvalue weighted by atomic mass is 32.2. The average Bonchev–Trinajstić information content (AvgIpc) is 2.73. The van der Waals surface area contributed by atoms with Crippen LogP contribution in [-0.4, -0.2) is 75.4 Å². The topological polar surface area (TPSA) is 58.1 Å². The minimum absolute atomic E-state index is 0.605. The minimum Gasteiger partial charge on any atom is -0.492 e. The Bertz CT molecular complexity index is 565. The van der Waals surface area contributed by atoms with Crippen molar-refractivity contribution in [1.29, 1.82) is 0 Å². The van der Waals surface area contributed by atoms with Gasteiger partial charge in [-0.2, -0.15) is 11.8 Å². The standard InChI is InChI=1S/C21H36N4O2S/c1-3-22-21(23-10-6-7-17-28-2)24-18-19-8-4-5-9-20(19)27-16-13-25-11-14-26-15-12-25/h4-5,8-9H,3,6-7,10-18H2,1-2H3,(H2,22,23,24). The predicted octanol–water partition coefficient (Wildman–Crippen LogP) is 2.60. The lowest BCUT2D eigenvalue weighted by Gasteiger charge is -2.26. The van der Waals surface area contributed by atoms with Crippen molar-refractivity contribution < 1.29 is 9.47 Å². The van der Waals surface area contributed by atoms with Crippen molar-refractivity contribution in [2.45, 2.75) is 26.3 Å². The maximum atomic E-state index is 6.06. The Hall–Kier alpha value is -1.44. The molecule has 2 N–H and O–H groups in total. The van der Waals surface area contributed by atoms with Crippen LogP contribution in [0.3, 0.4) is 0 Å². The molecule has 1 fully saturated rings. The van der Waals surface area contributed by atoms with Gasteiger partial charge in [0, 0.05) is 38.3 Å². The molecule has 1 saturated heterocycles. The smallest absolute Gasteiger partial charge is 0.191 e. The zero-order valence-corrected chi connectivity index (χ0v) is 18.2. The maximum Gasteiger partial charge on any atom is 0.191 e. The number of morpholine rings is 1. The van der Waals surface area contributed by atoms with Crippen molar-refractivity contribution in [3.8, 4) is 5.75 Å². The summed E-state index contributed by atoms with van der Waals surface area (Å²) in [5.74, 6) is 3.01. The van der Waals surface area contributed by atoms with Gasteiger partial charge in [0.2, 0.25) is 0 Å². The van der Waals surface area contributed by atoms with Crippen LogP contribution in [0.2, 0.25) is 0 Å². The summed E-state index contributed by atoms with van der Waals surface area (Å²) < 4.78 is 11.5. The van der Waals surface area contributed by atoms with E-state index in [1.165, 1.54) is 12.2 Å². The van der Waals surface area contributed by atoms with Gasteiger partial charge >= 0.3 is 0 Å². The van der Waals surface area contributed by atoms with Crippen LogP contribution in [0.4, 0.5) is 0 Å². The molecule has 0 aromatic heterocycles. The number of ether oxygens (including phenoxy) is 2. The highest BCUT2D eigenvalue weighted by Crippen LogP contribution is 2.19. The molecule has 2 rings (SSSR count). The lowest BCUT2D eigenvalue weighted by Crippen LogP contribution is -2.38. The van der Waals surface area contributed by atoms with Crippen molar-refractivity contribution in [1.82, 2.24) is 15.5 Å². The van der Waals surface area contributed by atoms with Gasteiger partial charge in [0.1, 0.15) is 12.4 Å². The molecule has 158 valence electrons. The Balaban J connectivity index is 1.82. The molecule has 1 aliphatic heterocycles.